The second-order valence-corrected chi connectivity index (χ2v) is 6.94. The van der Waals surface area contributed by atoms with E-state index in [2.05, 4.69) is 10.2 Å². The van der Waals surface area contributed by atoms with Crippen molar-refractivity contribution in [3.8, 4) is 0 Å². The largest absolute Gasteiger partial charge is 0.295 e. The van der Waals surface area contributed by atoms with Crippen molar-refractivity contribution in [1.29, 1.82) is 0 Å². The first-order chi connectivity index (χ1) is 12.9. The molecule has 0 fully saturated rings. The molecule has 2 heterocycles. The smallest absolute Gasteiger partial charge is 0.262 e. The molecule has 0 bridgehead atoms. The zero-order valence-corrected chi connectivity index (χ0v) is 15.5. The first kappa shape index (κ1) is 17.4. The lowest BCUT2D eigenvalue weighted by Gasteiger charge is -2.16. The maximum atomic E-state index is 13.4. The maximum Gasteiger partial charge on any atom is 0.262 e. The van der Waals surface area contributed by atoms with Crippen LogP contribution in [0.2, 0.25) is 0 Å². The Labute approximate surface area is 155 Å². The summed E-state index contributed by atoms with van der Waals surface area (Å²) in [6, 6.07) is 12.3. The van der Waals surface area contributed by atoms with Crippen molar-refractivity contribution in [2.24, 2.45) is 7.05 Å². The number of rotatable bonds is 4. The summed E-state index contributed by atoms with van der Waals surface area (Å²) >= 11 is 0. The van der Waals surface area contributed by atoms with E-state index >= 15 is 0 Å². The van der Waals surface area contributed by atoms with Gasteiger partial charge in [-0.15, -0.1) is 10.2 Å². The lowest BCUT2D eigenvalue weighted by molar-refractivity contribution is 0.309. The van der Waals surface area contributed by atoms with Crippen molar-refractivity contribution in [3.63, 3.8) is 0 Å². The standard InChI is InChI=1S/C20H20FN5O/c1-13-7-8-17-16(9-13)19(27)25(3)20-23-22-18(26(17)20)12-24(2)11-14-5-4-6-15(21)10-14/h4-10H,11-12H2,1-3H3. The molecule has 0 unspecified atom stereocenters. The Morgan fingerprint density at radius 3 is 2.70 bits per heavy atom. The van der Waals surface area contributed by atoms with Crippen LogP contribution in [0, 0.1) is 12.7 Å². The topological polar surface area (TPSA) is 55.4 Å². The number of fused-ring (bicyclic) bond motifs is 3. The van der Waals surface area contributed by atoms with Crippen LogP contribution in [0.25, 0.3) is 16.7 Å². The predicted molar refractivity (Wildman–Crippen MR) is 102 cm³/mol. The van der Waals surface area contributed by atoms with E-state index in [1.54, 1.807) is 13.1 Å². The zero-order chi connectivity index (χ0) is 19.1. The van der Waals surface area contributed by atoms with Crippen LogP contribution in [0.1, 0.15) is 17.0 Å². The number of nitrogens with zero attached hydrogens (tertiary/aromatic N) is 5. The second-order valence-electron chi connectivity index (χ2n) is 6.94. The maximum absolute atomic E-state index is 13.4. The Morgan fingerprint density at radius 1 is 1.11 bits per heavy atom. The molecule has 0 amide bonds. The van der Waals surface area contributed by atoms with Gasteiger partial charge in [0.2, 0.25) is 5.78 Å². The molecule has 0 saturated heterocycles. The van der Waals surface area contributed by atoms with E-state index < -0.39 is 0 Å². The average Bonchev–Trinajstić information content (AvgIpc) is 3.03. The van der Waals surface area contributed by atoms with Gasteiger partial charge in [-0.2, -0.15) is 0 Å². The molecule has 0 aliphatic rings. The van der Waals surface area contributed by atoms with Crippen molar-refractivity contribution >= 4 is 16.7 Å². The van der Waals surface area contributed by atoms with Crippen molar-refractivity contribution in [2.45, 2.75) is 20.0 Å². The highest BCUT2D eigenvalue weighted by molar-refractivity contribution is 5.81. The van der Waals surface area contributed by atoms with Gasteiger partial charge in [0.05, 0.1) is 17.4 Å². The minimum atomic E-state index is -0.245. The summed E-state index contributed by atoms with van der Waals surface area (Å²) in [5.74, 6) is 0.990. The first-order valence-electron chi connectivity index (χ1n) is 8.70. The molecule has 2 aromatic carbocycles. The lowest BCUT2D eigenvalue weighted by atomic mass is 10.1. The molecule has 6 nitrogen and oxygen atoms in total. The van der Waals surface area contributed by atoms with Gasteiger partial charge in [0.1, 0.15) is 5.82 Å². The van der Waals surface area contributed by atoms with Crippen LogP contribution in [0.4, 0.5) is 4.39 Å². The van der Waals surface area contributed by atoms with Crippen molar-refractivity contribution in [2.75, 3.05) is 7.05 Å². The van der Waals surface area contributed by atoms with Crippen LogP contribution in [-0.4, -0.2) is 31.1 Å². The first-order valence-corrected chi connectivity index (χ1v) is 8.70. The van der Waals surface area contributed by atoms with Crippen LogP contribution in [-0.2, 0) is 20.1 Å². The molecule has 0 saturated carbocycles. The number of hydrogen-bond donors (Lipinski definition) is 0. The van der Waals surface area contributed by atoms with Crippen molar-refractivity contribution < 1.29 is 4.39 Å². The number of halogens is 1. The van der Waals surface area contributed by atoms with Gasteiger partial charge in [0.15, 0.2) is 5.82 Å². The minimum Gasteiger partial charge on any atom is -0.295 e. The SMILES string of the molecule is Cc1ccc2c(c1)c(=O)n(C)c1nnc(CN(C)Cc3cccc(F)c3)n21. The summed E-state index contributed by atoms with van der Waals surface area (Å²) < 4.78 is 16.8. The van der Waals surface area contributed by atoms with Gasteiger partial charge < -0.3 is 0 Å². The van der Waals surface area contributed by atoms with E-state index in [1.807, 2.05) is 47.5 Å². The molecule has 4 aromatic rings. The highest BCUT2D eigenvalue weighted by Crippen LogP contribution is 2.17. The monoisotopic (exact) mass is 365 g/mol. The molecule has 138 valence electrons. The normalized spacial score (nSPS) is 11.7. The van der Waals surface area contributed by atoms with Gasteiger partial charge in [-0.1, -0.05) is 23.8 Å². The minimum absolute atomic E-state index is 0.0896. The Kier molecular flexibility index (Phi) is 4.24. The van der Waals surface area contributed by atoms with Gasteiger partial charge in [-0.05, 0) is 43.8 Å². The zero-order valence-electron chi connectivity index (χ0n) is 15.5. The molecule has 0 N–H and O–H groups in total. The fourth-order valence-electron chi connectivity index (χ4n) is 3.41. The summed E-state index contributed by atoms with van der Waals surface area (Å²) in [5, 5.41) is 9.16. The molecule has 7 heteroatoms. The van der Waals surface area contributed by atoms with E-state index in [4.69, 9.17) is 0 Å². The number of hydrogen-bond acceptors (Lipinski definition) is 4. The molecule has 2 aromatic heterocycles. The van der Waals surface area contributed by atoms with Crippen LogP contribution in [0.3, 0.4) is 0 Å². The Balaban J connectivity index is 1.76. The van der Waals surface area contributed by atoms with E-state index in [0.717, 1.165) is 22.5 Å². The highest BCUT2D eigenvalue weighted by Gasteiger charge is 2.16. The van der Waals surface area contributed by atoms with Gasteiger partial charge in [-0.3, -0.25) is 18.7 Å². The third-order valence-corrected chi connectivity index (χ3v) is 4.69. The van der Waals surface area contributed by atoms with Crippen molar-refractivity contribution in [3.05, 3.63) is 75.6 Å². The quantitative estimate of drug-likeness (QED) is 0.558. The number of aromatic nitrogens is 4. The summed E-state index contributed by atoms with van der Waals surface area (Å²) in [7, 11) is 3.65. The molecule has 0 atom stereocenters. The third kappa shape index (κ3) is 3.10. The molecule has 27 heavy (non-hydrogen) atoms. The van der Waals surface area contributed by atoms with Crippen LogP contribution < -0.4 is 5.56 Å². The van der Waals surface area contributed by atoms with Crippen LogP contribution in [0.5, 0.6) is 0 Å². The lowest BCUT2D eigenvalue weighted by Crippen LogP contribution is -2.22. The highest BCUT2D eigenvalue weighted by atomic mass is 19.1. The summed E-state index contributed by atoms with van der Waals surface area (Å²) in [6.07, 6.45) is 0. The Hall–Kier alpha value is -3.06. The molecule has 0 radical (unpaired) electrons. The summed E-state index contributed by atoms with van der Waals surface area (Å²) in [4.78, 5) is 14.7. The van der Waals surface area contributed by atoms with Crippen LogP contribution in [0.15, 0.2) is 47.3 Å². The summed E-state index contributed by atoms with van der Waals surface area (Å²) in [5.41, 5.74) is 2.61. The predicted octanol–water partition coefficient (Wildman–Crippen LogP) is 2.66. The van der Waals surface area contributed by atoms with Gasteiger partial charge in [-0.25, -0.2) is 4.39 Å². The van der Waals surface area contributed by atoms with E-state index in [9.17, 15) is 9.18 Å². The molecule has 4 rings (SSSR count). The van der Waals surface area contributed by atoms with Crippen molar-refractivity contribution in [1.82, 2.24) is 24.1 Å². The molecule has 0 aliphatic carbocycles. The summed E-state index contributed by atoms with van der Waals surface area (Å²) in [6.45, 7) is 3.05. The molecule has 0 spiro atoms. The fourth-order valence-corrected chi connectivity index (χ4v) is 3.41. The van der Waals surface area contributed by atoms with Gasteiger partial charge in [0.25, 0.3) is 5.56 Å². The molecule has 0 aliphatic heterocycles. The van der Waals surface area contributed by atoms with E-state index in [1.165, 1.54) is 16.7 Å². The molecular formula is C20H20FN5O. The third-order valence-electron chi connectivity index (χ3n) is 4.69. The number of benzene rings is 2. The van der Waals surface area contributed by atoms with E-state index in [0.29, 0.717) is 24.3 Å². The fraction of sp³-hybridized carbons (Fsp3) is 0.250. The Morgan fingerprint density at radius 2 is 1.93 bits per heavy atom. The average molecular weight is 365 g/mol. The number of aryl methyl sites for hydroxylation is 2. The van der Waals surface area contributed by atoms with Gasteiger partial charge >= 0.3 is 0 Å². The van der Waals surface area contributed by atoms with Gasteiger partial charge in [0, 0.05) is 13.6 Å². The van der Waals surface area contributed by atoms with Crippen LogP contribution >= 0.6 is 0 Å². The molecular weight excluding hydrogens is 345 g/mol. The Bertz CT molecular complexity index is 1210. The second kappa shape index (κ2) is 6.59. The van der Waals surface area contributed by atoms with E-state index in [-0.39, 0.29) is 11.4 Å².